The minimum absolute atomic E-state index is 0. The van der Waals surface area contributed by atoms with E-state index >= 15 is 0 Å². The van der Waals surface area contributed by atoms with Gasteiger partial charge in [-0.1, -0.05) is 42.5 Å². The summed E-state index contributed by atoms with van der Waals surface area (Å²) in [6, 6.07) is 12.8. The summed E-state index contributed by atoms with van der Waals surface area (Å²) in [6.45, 7) is 0. The van der Waals surface area contributed by atoms with Crippen molar-refractivity contribution in [2.45, 2.75) is 5.75 Å². The van der Waals surface area contributed by atoms with E-state index in [2.05, 4.69) is 0 Å². The summed E-state index contributed by atoms with van der Waals surface area (Å²) in [5.74, 6) is -0.447. The molecule has 5 heteroatoms. The molecule has 2 aromatic carbocycles. The average Bonchev–Trinajstić information content (AvgIpc) is 2.15. The average molecular weight is 244 g/mol. The summed E-state index contributed by atoms with van der Waals surface area (Å²) < 4.78 is 31.7. The zero-order valence-corrected chi connectivity index (χ0v) is 11.7. The van der Waals surface area contributed by atoms with E-state index in [4.69, 9.17) is 0 Å². The predicted molar refractivity (Wildman–Crippen MR) is 57.3 cm³/mol. The van der Waals surface area contributed by atoms with E-state index in [1.807, 2.05) is 30.3 Å². The zero-order chi connectivity index (χ0) is 10.9. The van der Waals surface area contributed by atoms with Gasteiger partial charge >= 0.3 is 29.6 Å². The Bertz CT molecular complexity index is 593. The third kappa shape index (κ3) is 3.57. The molecular weight excluding hydrogens is 235 g/mol. The third-order valence-corrected chi connectivity index (χ3v) is 2.84. The Kier molecular flexibility index (Phi) is 4.52. The summed E-state index contributed by atoms with van der Waals surface area (Å²) >= 11 is 0. The van der Waals surface area contributed by atoms with Crippen molar-refractivity contribution in [2.75, 3.05) is 0 Å². The van der Waals surface area contributed by atoms with E-state index in [0.717, 1.165) is 10.8 Å². The van der Waals surface area contributed by atoms with E-state index in [1.54, 1.807) is 12.1 Å². The fraction of sp³-hybridized carbons (Fsp3) is 0.0909. The van der Waals surface area contributed by atoms with Crippen molar-refractivity contribution in [3.63, 3.8) is 0 Å². The van der Waals surface area contributed by atoms with E-state index < -0.39 is 15.9 Å². The third-order valence-electron chi connectivity index (χ3n) is 2.16. The Hall–Kier alpha value is -0.390. The van der Waals surface area contributed by atoms with Crippen LogP contribution < -0.4 is 29.6 Å². The summed E-state index contributed by atoms with van der Waals surface area (Å²) in [4.78, 5) is 0. The molecule has 2 aromatic rings. The molecule has 0 aliphatic carbocycles. The van der Waals surface area contributed by atoms with Gasteiger partial charge < -0.3 is 4.55 Å². The molecule has 78 valence electrons. The van der Waals surface area contributed by atoms with Crippen LogP contribution in [0.2, 0.25) is 0 Å². The van der Waals surface area contributed by atoms with Gasteiger partial charge in [0.05, 0.1) is 15.9 Å². The van der Waals surface area contributed by atoms with Gasteiger partial charge in [-0.05, 0) is 16.3 Å². The fourth-order valence-corrected chi connectivity index (χ4v) is 2.12. The van der Waals surface area contributed by atoms with Crippen LogP contribution in [0, 0.1) is 0 Å². The minimum Gasteiger partial charge on any atom is -0.748 e. The molecule has 0 saturated heterocycles. The standard InChI is InChI=1S/C11H10O3S.Na/c12-15(13,14)8-9-5-6-10-3-1-2-4-11(10)7-9;/h1-7H,8H2,(H,12,13,14);/q;+1/p-1. The Morgan fingerprint density at radius 3 is 2.25 bits per heavy atom. The number of benzene rings is 2. The second-order valence-corrected chi connectivity index (χ2v) is 4.79. The van der Waals surface area contributed by atoms with Gasteiger partial charge in [0.15, 0.2) is 0 Å². The summed E-state index contributed by atoms with van der Waals surface area (Å²) in [5.41, 5.74) is 0.531. The van der Waals surface area contributed by atoms with Crippen LogP contribution in [0.3, 0.4) is 0 Å². The first-order valence-corrected chi connectivity index (χ1v) is 6.03. The first kappa shape index (κ1) is 13.7. The largest absolute Gasteiger partial charge is 1.00 e. The van der Waals surface area contributed by atoms with E-state index in [9.17, 15) is 13.0 Å². The number of hydrogen-bond acceptors (Lipinski definition) is 3. The van der Waals surface area contributed by atoms with Crippen LogP contribution in [-0.2, 0) is 15.9 Å². The quantitative estimate of drug-likeness (QED) is 0.497. The second kappa shape index (κ2) is 5.29. The van der Waals surface area contributed by atoms with E-state index in [-0.39, 0.29) is 29.6 Å². The molecular formula is C11H9NaO3S. The van der Waals surface area contributed by atoms with Crippen molar-refractivity contribution < 1.29 is 42.5 Å². The van der Waals surface area contributed by atoms with Gasteiger partial charge in [-0.3, -0.25) is 0 Å². The van der Waals surface area contributed by atoms with Crippen LogP contribution in [0.5, 0.6) is 0 Å². The van der Waals surface area contributed by atoms with E-state index in [0.29, 0.717) is 5.56 Å². The molecule has 0 radical (unpaired) electrons. The van der Waals surface area contributed by atoms with Crippen LogP contribution in [0.25, 0.3) is 10.8 Å². The van der Waals surface area contributed by atoms with Crippen LogP contribution in [0.4, 0.5) is 0 Å². The smallest absolute Gasteiger partial charge is 0.748 e. The second-order valence-electron chi connectivity index (χ2n) is 3.38. The normalized spacial score (nSPS) is 11.1. The van der Waals surface area contributed by atoms with Gasteiger partial charge in [-0.15, -0.1) is 0 Å². The zero-order valence-electron chi connectivity index (χ0n) is 8.88. The molecule has 0 amide bonds. The van der Waals surface area contributed by atoms with Crippen molar-refractivity contribution in [1.82, 2.24) is 0 Å². The van der Waals surface area contributed by atoms with Gasteiger partial charge in [-0.2, -0.15) is 0 Å². The van der Waals surface area contributed by atoms with Crippen molar-refractivity contribution in [3.8, 4) is 0 Å². The maximum atomic E-state index is 10.6. The molecule has 0 bridgehead atoms. The maximum Gasteiger partial charge on any atom is 1.00 e. The molecule has 0 fully saturated rings. The molecule has 3 nitrogen and oxygen atoms in total. The molecule has 2 rings (SSSR count). The van der Waals surface area contributed by atoms with Crippen LogP contribution >= 0.6 is 0 Å². The molecule has 0 heterocycles. The van der Waals surface area contributed by atoms with Gasteiger partial charge in [0.1, 0.15) is 0 Å². The maximum absolute atomic E-state index is 10.6. The van der Waals surface area contributed by atoms with Crippen LogP contribution in [0.15, 0.2) is 42.5 Å². The molecule has 0 aromatic heterocycles. The van der Waals surface area contributed by atoms with Gasteiger partial charge in [-0.25, -0.2) is 8.42 Å². The molecule has 0 unspecified atom stereocenters. The van der Waals surface area contributed by atoms with E-state index in [1.165, 1.54) is 0 Å². The van der Waals surface area contributed by atoms with Crippen molar-refractivity contribution >= 4 is 20.9 Å². The Balaban J connectivity index is 0.00000128. The minimum atomic E-state index is -4.20. The predicted octanol–water partition coefficient (Wildman–Crippen LogP) is -1.11. The molecule has 0 atom stereocenters. The van der Waals surface area contributed by atoms with Crippen LogP contribution in [-0.4, -0.2) is 13.0 Å². The molecule has 0 aliphatic rings. The summed E-state index contributed by atoms with van der Waals surface area (Å²) in [7, 11) is -4.20. The Morgan fingerprint density at radius 1 is 1.00 bits per heavy atom. The van der Waals surface area contributed by atoms with Gasteiger partial charge in [0.25, 0.3) is 0 Å². The fourth-order valence-electron chi connectivity index (χ4n) is 1.53. The first-order valence-electron chi connectivity index (χ1n) is 4.46. The van der Waals surface area contributed by atoms with Crippen molar-refractivity contribution in [2.24, 2.45) is 0 Å². The van der Waals surface area contributed by atoms with Gasteiger partial charge in [0.2, 0.25) is 0 Å². The summed E-state index contributed by atoms with van der Waals surface area (Å²) in [6.07, 6.45) is 0. The van der Waals surface area contributed by atoms with Crippen LogP contribution in [0.1, 0.15) is 5.56 Å². The number of rotatable bonds is 2. The van der Waals surface area contributed by atoms with Crippen molar-refractivity contribution in [1.29, 1.82) is 0 Å². The summed E-state index contributed by atoms with van der Waals surface area (Å²) in [5, 5.41) is 1.98. The molecule has 0 saturated carbocycles. The molecule has 0 aliphatic heterocycles. The molecule has 0 N–H and O–H groups in total. The Labute approximate surface area is 117 Å². The molecule has 0 spiro atoms. The number of fused-ring (bicyclic) bond motifs is 1. The number of hydrogen-bond donors (Lipinski definition) is 0. The topological polar surface area (TPSA) is 57.2 Å². The molecule has 16 heavy (non-hydrogen) atoms. The van der Waals surface area contributed by atoms with Crippen molar-refractivity contribution in [3.05, 3.63) is 48.0 Å². The Morgan fingerprint density at radius 2 is 1.62 bits per heavy atom. The van der Waals surface area contributed by atoms with Gasteiger partial charge in [0, 0.05) is 0 Å². The SMILES string of the molecule is O=S(=O)([O-])Cc1ccc2ccccc2c1.[Na+]. The monoisotopic (exact) mass is 244 g/mol. The first-order chi connectivity index (χ1) is 7.04.